The summed E-state index contributed by atoms with van der Waals surface area (Å²) in [7, 11) is 0. The third kappa shape index (κ3) is 4.50. The Labute approximate surface area is 123 Å². The zero-order valence-electron chi connectivity index (χ0n) is 13.4. The molecule has 0 aromatic carbocycles. The molecule has 1 aliphatic heterocycles. The lowest BCUT2D eigenvalue weighted by molar-refractivity contribution is -0.136. The van der Waals surface area contributed by atoms with Crippen molar-refractivity contribution in [3.05, 3.63) is 0 Å². The summed E-state index contributed by atoms with van der Waals surface area (Å²) < 4.78 is 0. The molecule has 1 heterocycles. The van der Waals surface area contributed by atoms with Crippen molar-refractivity contribution in [2.45, 2.75) is 78.3 Å². The van der Waals surface area contributed by atoms with Crippen LogP contribution in [-0.4, -0.2) is 35.3 Å². The Hall–Kier alpha value is -1.06. The van der Waals surface area contributed by atoms with Gasteiger partial charge in [-0.15, -0.1) is 0 Å². The molecule has 0 saturated carbocycles. The van der Waals surface area contributed by atoms with Gasteiger partial charge in [0.2, 0.25) is 11.8 Å². The molecule has 1 saturated heterocycles. The fourth-order valence-corrected chi connectivity index (χ4v) is 2.72. The zero-order chi connectivity index (χ0) is 15.1. The number of carbonyl (C=O) groups is 2. The molecule has 1 fully saturated rings. The molecule has 0 radical (unpaired) electrons. The quantitative estimate of drug-likeness (QED) is 0.730. The summed E-state index contributed by atoms with van der Waals surface area (Å²) in [5, 5.41) is 2.90. The largest absolute Gasteiger partial charge is 0.344 e. The van der Waals surface area contributed by atoms with Crippen molar-refractivity contribution in [3.8, 4) is 0 Å². The van der Waals surface area contributed by atoms with Crippen molar-refractivity contribution in [2.75, 3.05) is 6.54 Å². The smallest absolute Gasteiger partial charge is 0.245 e. The van der Waals surface area contributed by atoms with Crippen molar-refractivity contribution >= 4 is 11.8 Å². The van der Waals surface area contributed by atoms with Crippen molar-refractivity contribution in [2.24, 2.45) is 5.92 Å². The number of carbonyl (C=O) groups excluding carboxylic acids is 2. The Bertz CT molecular complexity index is 330. The fraction of sp³-hybridized carbons (Fsp3) is 0.875. The maximum absolute atomic E-state index is 12.7. The Morgan fingerprint density at radius 3 is 2.55 bits per heavy atom. The Morgan fingerprint density at radius 1 is 1.25 bits per heavy atom. The molecule has 3 atom stereocenters. The van der Waals surface area contributed by atoms with E-state index >= 15 is 0 Å². The summed E-state index contributed by atoms with van der Waals surface area (Å²) in [6, 6.07) is -0.114. The molecular weight excluding hydrogens is 252 g/mol. The Balaban J connectivity index is 2.73. The van der Waals surface area contributed by atoms with Crippen molar-refractivity contribution < 1.29 is 9.59 Å². The highest BCUT2D eigenvalue weighted by Gasteiger charge is 2.34. The summed E-state index contributed by atoms with van der Waals surface area (Å²) in [5.41, 5.74) is 0. The molecule has 1 N–H and O–H groups in total. The van der Waals surface area contributed by atoms with Gasteiger partial charge in [-0.05, 0) is 19.3 Å². The van der Waals surface area contributed by atoms with Crippen molar-refractivity contribution in [1.82, 2.24) is 10.2 Å². The average Bonchev–Trinajstić information content (AvgIpc) is 2.58. The van der Waals surface area contributed by atoms with E-state index in [1.165, 1.54) is 12.8 Å². The molecule has 0 aromatic rings. The van der Waals surface area contributed by atoms with Gasteiger partial charge in [0, 0.05) is 19.0 Å². The minimum absolute atomic E-state index is 0.00640. The first kappa shape index (κ1) is 17.0. The molecule has 1 rings (SSSR count). The van der Waals surface area contributed by atoms with Crippen LogP contribution in [0.4, 0.5) is 0 Å². The Kier molecular flexibility index (Phi) is 7.03. The first-order valence-electron chi connectivity index (χ1n) is 8.11. The van der Waals surface area contributed by atoms with Crippen LogP contribution in [0.1, 0.15) is 66.2 Å². The first-order chi connectivity index (χ1) is 9.51. The molecule has 0 bridgehead atoms. The first-order valence-corrected chi connectivity index (χ1v) is 8.11. The van der Waals surface area contributed by atoms with Crippen LogP contribution in [0.25, 0.3) is 0 Å². The van der Waals surface area contributed by atoms with E-state index in [2.05, 4.69) is 26.1 Å². The molecular formula is C16H30N2O2. The third-order valence-corrected chi connectivity index (χ3v) is 4.42. The summed E-state index contributed by atoms with van der Waals surface area (Å²) in [6.45, 7) is 8.95. The van der Waals surface area contributed by atoms with Gasteiger partial charge in [-0.1, -0.05) is 46.5 Å². The van der Waals surface area contributed by atoms with Gasteiger partial charge in [-0.25, -0.2) is 0 Å². The number of hydrogen-bond acceptors (Lipinski definition) is 2. The summed E-state index contributed by atoms with van der Waals surface area (Å²) in [6.07, 6.45) is 5.90. The monoisotopic (exact) mass is 282 g/mol. The van der Waals surface area contributed by atoms with Gasteiger partial charge in [-0.3, -0.25) is 9.59 Å². The molecule has 1 aliphatic rings. The van der Waals surface area contributed by atoms with Gasteiger partial charge < -0.3 is 10.2 Å². The number of amides is 2. The normalized spacial score (nSPS) is 23.2. The zero-order valence-corrected chi connectivity index (χ0v) is 13.4. The molecule has 0 aromatic heterocycles. The average molecular weight is 282 g/mol. The highest BCUT2D eigenvalue weighted by molar-refractivity contribution is 5.90. The molecule has 0 spiro atoms. The molecule has 0 aliphatic carbocycles. The van der Waals surface area contributed by atoms with Crippen LogP contribution in [0.3, 0.4) is 0 Å². The lowest BCUT2D eigenvalue weighted by Crippen LogP contribution is -2.50. The fourth-order valence-electron chi connectivity index (χ4n) is 2.72. The van der Waals surface area contributed by atoms with Gasteiger partial charge in [0.25, 0.3) is 0 Å². The Morgan fingerprint density at radius 2 is 1.95 bits per heavy atom. The van der Waals surface area contributed by atoms with Crippen LogP contribution in [0, 0.1) is 5.92 Å². The van der Waals surface area contributed by atoms with Crippen LogP contribution in [0.5, 0.6) is 0 Å². The van der Waals surface area contributed by atoms with Crippen LogP contribution in [-0.2, 0) is 9.59 Å². The second-order valence-electron chi connectivity index (χ2n) is 6.06. The molecule has 4 nitrogen and oxygen atoms in total. The molecule has 4 heteroatoms. The maximum atomic E-state index is 12.7. The van der Waals surface area contributed by atoms with E-state index in [-0.39, 0.29) is 29.8 Å². The molecule has 2 amide bonds. The molecule has 20 heavy (non-hydrogen) atoms. The van der Waals surface area contributed by atoms with E-state index in [0.717, 1.165) is 19.3 Å². The third-order valence-electron chi connectivity index (χ3n) is 4.42. The van der Waals surface area contributed by atoms with E-state index in [0.29, 0.717) is 13.0 Å². The minimum atomic E-state index is -0.344. The van der Waals surface area contributed by atoms with E-state index in [1.54, 1.807) is 0 Å². The number of hydrogen-bond donors (Lipinski definition) is 1. The standard InChI is InChI=1S/C16H30N2O2/c1-5-7-8-9-13(4)18-11-10-14(19)17-15(16(18)20)12(3)6-2/h12-13,15H,5-11H2,1-4H3,(H,17,19). The van der Waals surface area contributed by atoms with E-state index < -0.39 is 0 Å². The molecule has 3 unspecified atom stereocenters. The van der Waals surface area contributed by atoms with Gasteiger partial charge in [0.15, 0.2) is 0 Å². The summed E-state index contributed by atoms with van der Waals surface area (Å²) >= 11 is 0. The van der Waals surface area contributed by atoms with Crippen LogP contribution in [0.2, 0.25) is 0 Å². The van der Waals surface area contributed by atoms with Gasteiger partial charge >= 0.3 is 0 Å². The van der Waals surface area contributed by atoms with E-state index in [9.17, 15) is 9.59 Å². The van der Waals surface area contributed by atoms with Gasteiger partial charge in [-0.2, -0.15) is 0 Å². The predicted molar refractivity (Wildman–Crippen MR) is 81.3 cm³/mol. The van der Waals surface area contributed by atoms with Crippen LogP contribution >= 0.6 is 0 Å². The maximum Gasteiger partial charge on any atom is 0.245 e. The van der Waals surface area contributed by atoms with Crippen LogP contribution in [0.15, 0.2) is 0 Å². The lowest BCUT2D eigenvalue weighted by atomic mass is 9.97. The SMILES string of the molecule is CCCCCC(C)N1CCC(=O)NC(C(C)CC)C1=O. The van der Waals surface area contributed by atoms with Crippen LogP contribution < -0.4 is 5.32 Å². The van der Waals surface area contributed by atoms with E-state index in [1.807, 2.05) is 11.8 Å². The lowest BCUT2D eigenvalue weighted by Gasteiger charge is -2.31. The number of rotatable bonds is 7. The number of unbranched alkanes of at least 4 members (excludes halogenated alkanes) is 2. The van der Waals surface area contributed by atoms with Gasteiger partial charge in [0.1, 0.15) is 6.04 Å². The van der Waals surface area contributed by atoms with E-state index in [4.69, 9.17) is 0 Å². The van der Waals surface area contributed by atoms with Gasteiger partial charge in [0.05, 0.1) is 0 Å². The summed E-state index contributed by atoms with van der Waals surface area (Å²) in [4.78, 5) is 26.4. The molecule has 116 valence electrons. The second kappa shape index (κ2) is 8.28. The second-order valence-corrected chi connectivity index (χ2v) is 6.06. The number of nitrogens with one attached hydrogen (secondary N) is 1. The predicted octanol–water partition coefficient (Wildman–Crippen LogP) is 2.72. The number of nitrogens with zero attached hydrogens (tertiary/aromatic N) is 1. The van der Waals surface area contributed by atoms with Crippen molar-refractivity contribution in [3.63, 3.8) is 0 Å². The minimum Gasteiger partial charge on any atom is -0.344 e. The summed E-state index contributed by atoms with van der Waals surface area (Å²) in [5.74, 6) is 0.302. The highest BCUT2D eigenvalue weighted by Crippen LogP contribution is 2.18. The van der Waals surface area contributed by atoms with Crippen molar-refractivity contribution in [1.29, 1.82) is 0 Å². The topological polar surface area (TPSA) is 49.4 Å². The highest BCUT2D eigenvalue weighted by atomic mass is 16.2.